The number of allylic oxidation sites excluding steroid dienone is 4. The summed E-state index contributed by atoms with van der Waals surface area (Å²) in [6.45, 7) is 8.02. The van der Waals surface area contributed by atoms with Crippen LogP contribution in [-0.2, 0) is 4.79 Å². The molecular weight excluding hydrogens is 212 g/mol. The van der Waals surface area contributed by atoms with Gasteiger partial charge in [0.2, 0.25) is 0 Å². The lowest BCUT2D eigenvalue weighted by molar-refractivity contribution is -0.116. The monoisotopic (exact) mass is 232 g/mol. The largest absolute Gasteiger partial charge is 0.392 e. The van der Waals surface area contributed by atoms with Crippen LogP contribution in [0, 0.1) is 5.41 Å². The van der Waals surface area contributed by atoms with E-state index >= 15 is 0 Å². The maximum Gasteiger partial charge on any atom is 0.156 e. The van der Waals surface area contributed by atoms with E-state index in [2.05, 4.69) is 19.6 Å². The summed E-state index contributed by atoms with van der Waals surface area (Å²) in [6.07, 6.45) is 5.81. The Morgan fingerprint density at radius 3 is 2.76 bits per heavy atom. The SMILES string of the molecule is CC(C=C=C1C(C)=CC(=O)CC1(C)C)=CCO. The van der Waals surface area contributed by atoms with E-state index in [0.29, 0.717) is 6.42 Å². The van der Waals surface area contributed by atoms with Crippen molar-refractivity contribution in [3.8, 4) is 0 Å². The van der Waals surface area contributed by atoms with E-state index in [4.69, 9.17) is 5.11 Å². The molecule has 2 nitrogen and oxygen atoms in total. The van der Waals surface area contributed by atoms with Crippen molar-refractivity contribution in [1.29, 1.82) is 0 Å². The maximum absolute atomic E-state index is 11.5. The molecule has 0 unspecified atom stereocenters. The van der Waals surface area contributed by atoms with Gasteiger partial charge in [0.15, 0.2) is 5.78 Å². The van der Waals surface area contributed by atoms with Crippen LogP contribution in [0.15, 0.2) is 40.7 Å². The van der Waals surface area contributed by atoms with Gasteiger partial charge in [0.1, 0.15) is 0 Å². The van der Waals surface area contributed by atoms with Gasteiger partial charge in [-0.2, -0.15) is 0 Å². The normalized spacial score (nSPS) is 19.8. The van der Waals surface area contributed by atoms with E-state index in [1.54, 1.807) is 12.2 Å². The molecule has 0 amide bonds. The van der Waals surface area contributed by atoms with Crippen LogP contribution in [0.25, 0.3) is 0 Å². The van der Waals surface area contributed by atoms with Crippen LogP contribution in [0.2, 0.25) is 0 Å². The summed E-state index contributed by atoms with van der Waals surface area (Å²) < 4.78 is 0. The molecule has 1 aliphatic carbocycles. The molecule has 0 aromatic carbocycles. The fourth-order valence-corrected chi connectivity index (χ4v) is 2.12. The van der Waals surface area contributed by atoms with Gasteiger partial charge in [0.25, 0.3) is 0 Å². The van der Waals surface area contributed by atoms with E-state index in [9.17, 15) is 4.79 Å². The summed E-state index contributed by atoms with van der Waals surface area (Å²) in [5.41, 5.74) is 6.13. The summed E-state index contributed by atoms with van der Waals surface area (Å²) in [7, 11) is 0. The van der Waals surface area contributed by atoms with Gasteiger partial charge in [-0.05, 0) is 37.1 Å². The molecule has 0 aromatic heterocycles. The molecule has 0 radical (unpaired) electrons. The molecule has 0 bridgehead atoms. The van der Waals surface area contributed by atoms with Crippen molar-refractivity contribution < 1.29 is 9.90 Å². The molecule has 1 N–H and O–H groups in total. The minimum absolute atomic E-state index is 0.0377. The Morgan fingerprint density at radius 1 is 1.59 bits per heavy atom. The molecule has 2 heteroatoms. The van der Waals surface area contributed by atoms with Crippen LogP contribution < -0.4 is 0 Å². The molecule has 17 heavy (non-hydrogen) atoms. The molecule has 92 valence electrons. The summed E-state index contributed by atoms with van der Waals surface area (Å²) in [4.78, 5) is 11.5. The van der Waals surface area contributed by atoms with Crippen LogP contribution in [0.5, 0.6) is 0 Å². The standard InChI is InChI=1S/C15H20O2/c1-11(7-8-16)5-6-14-12(2)9-13(17)10-15(14,3)4/h5,7,9,16H,8,10H2,1-4H3. The third kappa shape index (κ3) is 3.55. The molecule has 0 saturated carbocycles. The van der Waals surface area contributed by atoms with E-state index < -0.39 is 0 Å². The first-order valence-corrected chi connectivity index (χ1v) is 5.83. The van der Waals surface area contributed by atoms with E-state index in [0.717, 1.165) is 16.7 Å². The second-order valence-corrected chi connectivity index (χ2v) is 5.15. The van der Waals surface area contributed by atoms with Gasteiger partial charge in [-0.15, -0.1) is 5.73 Å². The Bertz CT molecular complexity index is 442. The number of carbonyl (C=O) groups excluding carboxylic acids is 1. The number of hydrogen-bond donors (Lipinski definition) is 1. The Kier molecular flexibility index (Phi) is 4.28. The van der Waals surface area contributed by atoms with Gasteiger partial charge in [0.05, 0.1) is 6.61 Å². The molecule has 0 spiro atoms. The van der Waals surface area contributed by atoms with E-state index in [1.165, 1.54) is 0 Å². The topological polar surface area (TPSA) is 37.3 Å². The molecule has 1 rings (SSSR count). The fourth-order valence-electron chi connectivity index (χ4n) is 2.12. The van der Waals surface area contributed by atoms with Crippen LogP contribution in [0.4, 0.5) is 0 Å². The quantitative estimate of drug-likeness (QED) is 0.587. The predicted molar refractivity (Wildman–Crippen MR) is 69.6 cm³/mol. The highest BCUT2D eigenvalue weighted by Crippen LogP contribution is 2.38. The number of aliphatic hydroxyl groups excluding tert-OH is 1. The third-order valence-corrected chi connectivity index (χ3v) is 2.92. The Balaban J connectivity index is 3.19. The summed E-state index contributed by atoms with van der Waals surface area (Å²) in [5, 5.41) is 8.78. The Labute approximate surface area is 103 Å². The van der Waals surface area contributed by atoms with Crippen LogP contribution in [0.3, 0.4) is 0 Å². The van der Waals surface area contributed by atoms with Crippen molar-refractivity contribution in [2.45, 2.75) is 34.1 Å². The number of hydrogen-bond acceptors (Lipinski definition) is 2. The van der Waals surface area contributed by atoms with E-state index in [-0.39, 0.29) is 17.8 Å². The molecule has 0 aromatic rings. The number of carbonyl (C=O) groups is 1. The van der Waals surface area contributed by atoms with Crippen LogP contribution in [-0.4, -0.2) is 17.5 Å². The first-order valence-electron chi connectivity index (χ1n) is 5.83. The number of ketones is 1. The Hall–Kier alpha value is -1.37. The molecule has 0 heterocycles. The van der Waals surface area contributed by atoms with Crippen LogP contribution in [0.1, 0.15) is 34.1 Å². The van der Waals surface area contributed by atoms with Crippen molar-refractivity contribution in [2.24, 2.45) is 5.41 Å². The third-order valence-electron chi connectivity index (χ3n) is 2.92. The molecule has 0 saturated heterocycles. The van der Waals surface area contributed by atoms with E-state index in [1.807, 2.05) is 19.9 Å². The zero-order valence-corrected chi connectivity index (χ0v) is 11.0. The van der Waals surface area contributed by atoms with Crippen molar-refractivity contribution in [1.82, 2.24) is 0 Å². The first-order chi connectivity index (χ1) is 7.86. The lowest BCUT2D eigenvalue weighted by Crippen LogP contribution is -2.23. The molecule has 0 aliphatic heterocycles. The minimum Gasteiger partial charge on any atom is -0.392 e. The van der Waals surface area contributed by atoms with Gasteiger partial charge < -0.3 is 5.11 Å². The van der Waals surface area contributed by atoms with Gasteiger partial charge >= 0.3 is 0 Å². The summed E-state index contributed by atoms with van der Waals surface area (Å²) >= 11 is 0. The van der Waals surface area contributed by atoms with Gasteiger partial charge in [0, 0.05) is 17.4 Å². The van der Waals surface area contributed by atoms with Crippen molar-refractivity contribution in [2.75, 3.05) is 6.61 Å². The summed E-state index contributed by atoms with van der Waals surface area (Å²) in [6, 6.07) is 0. The van der Waals surface area contributed by atoms with Gasteiger partial charge in [-0.25, -0.2) is 0 Å². The highest BCUT2D eigenvalue weighted by Gasteiger charge is 2.30. The maximum atomic E-state index is 11.5. The lowest BCUT2D eigenvalue weighted by Gasteiger charge is -2.29. The highest BCUT2D eigenvalue weighted by atomic mass is 16.2. The average Bonchev–Trinajstić information content (AvgIpc) is 2.14. The van der Waals surface area contributed by atoms with Gasteiger partial charge in [-0.3, -0.25) is 4.79 Å². The van der Waals surface area contributed by atoms with Crippen molar-refractivity contribution in [3.63, 3.8) is 0 Å². The Morgan fingerprint density at radius 2 is 2.24 bits per heavy atom. The average molecular weight is 232 g/mol. The highest BCUT2D eigenvalue weighted by molar-refractivity contribution is 5.93. The predicted octanol–water partition coefficient (Wildman–Crippen LogP) is 2.95. The second-order valence-electron chi connectivity index (χ2n) is 5.15. The van der Waals surface area contributed by atoms with Gasteiger partial charge in [-0.1, -0.05) is 19.9 Å². The molecule has 0 atom stereocenters. The first kappa shape index (κ1) is 13.7. The smallest absolute Gasteiger partial charge is 0.156 e. The molecule has 0 fully saturated rings. The van der Waals surface area contributed by atoms with Crippen molar-refractivity contribution in [3.05, 3.63) is 40.7 Å². The second kappa shape index (κ2) is 5.31. The molecule has 1 aliphatic rings. The number of aliphatic hydroxyl groups is 1. The summed E-state index contributed by atoms with van der Waals surface area (Å²) in [5.74, 6) is 0.181. The fraction of sp³-hybridized carbons (Fsp3) is 0.467. The minimum atomic E-state index is -0.161. The lowest BCUT2D eigenvalue weighted by atomic mass is 9.73. The van der Waals surface area contributed by atoms with Crippen LogP contribution >= 0.6 is 0 Å². The number of rotatable bonds is 2. The zero-order chi connectivity index (χ0) is 13.1. The molecular formula is C15H20O2. The van der Waals surface area contributed by atoms with Crippen molar-refractivity contribution >= 4 is 5.78 Å². The zero-order valence-electron chi connectivity index (χ0n) is 11.0.